The van der Waals surface area contributed by atoms with Crippen molar-refractivity contribution >= 4 is 31.9 Å². The first-order valence-electron chi connectivity index (χ1n) is 5.09. The molecule has 2 unspecified atom stereocenters. The molecule has 0 aliphatic heterocycles. The first-order chi connectivity index (χ1) is 6.66. The molecule has 0 nitrogen and oxygen atoms in total. The Balaban J connectivity index is 2.39. The summed E-state index contributed by atoms with van der Waals surface area (Å²) in [6.07, 6.45) is 3.80. The number of alkyl halides is 1. The Bertz CT molecular complexity index is 333. The zero-order valence-corrected chi connectivity index (χ0v) is 11.4. The summed E-state index contributed by atoms with van der Waals surface area (Å²) < 4.78 is 1.19. The van der Waals surface area contributed by atoms with Gasteiger partial charge in [0.1, 0.15) is 0 Å². The molecule has 2 atom stereocenters. The van der Waals surface area contributed by atoms with Gasteiger partial charge in [-0.3, -0.25) is 0 Å². The molecule has 0 saturated carbocycles. The van der Waals surface area contributed by atoms with Crippen LogP contribution >= 0.6 is 31.9 Å². The Labute approximate surface area is 102 Å². The Morgan fingerprint density at radius 3 is 2.93 bits per heavy atom. The van der Waals surface area contributed by atoms with Crippen LogP contribution in [0, 0.1) is 5.92 Å². The number of fused-ring (bicyclic) bond motifs is 1. The van der Waals surface area contributed by atoms with Gasteiger partial charge < -0.3 is 0 Å². The molecule has 0 N–H and O–H groups in total. The molecule has 0 heterocycles. The third-order valence-electron chi connectivity index (χ3n) is 2.96. The van der Waals surface area contributed by atoms with Gasteiger partial charge >= 0.3 is 0 Å². The third kappa shape index (κ3) is 2.22. The maximum Gasteiger partial charge on any atom is 0.0401 e. The summed E-state index contributed by atoms with van der Waals surface area (Å²) in [7, 11) is 0. The zero-order valence-electron chi connectivity index (χ0n) is 8.26. The van der Waals surface area contributed by atoms with Crippen molar-refractivity contribution in [3.05, 3.63) is 33.8 Å². The fraction of sp³-hybridized carbons (Fsp3) is 0.500. The van der Waals surface area contributed by atoms with E-state index in [1.54, 1.807) is 0 Å². The average molecular weight is 318 g/mol. The number of hydrogen-bond acceptors (Lipinski definition) is 0. The molecule has 0 aromatic heterocycles. The lowest BCUT2D eigenvalue weighted by molar-refractivity contribution is 0.508. The fourth-order valence-corrected chi connectivity index (χ4v) is 3.53. The minimum absolute atomic E-state index is 0.535. The van der Waals surface area contributed by atoms with E-state index >= 15 is 0 Å². The second-order valence-electron chi connectivity index (χ2n) is 4.19. The largest absolute Gasteiger partial charge is 0.0839 e. The number of hydrogen-bond donors (Lipinski definition) is 0. The van der Waals surface area contributed by atoms with Gasteiger partial charge in [-0.15, -0.1) is 0 Å². The van der Waals surface area contributed by atoms with Crippen molar-refractivity contribution in [2.24, 2.45) is 5.92 Å². The van der Waals surface area contributed by atoms with E-state index in [1.807, 2.05) is 0 Å². The fourth-order valence-electron chi connectivity index (χ4n) is 2.09. The summed E-state index contributed by atoms with van der Waals surface area (Å²) in [6.45, 7) is 2.34. The maximum absolute atomic E-state index is 3.79. The lowest BCUT2D eigenvalue weighted by Crippen LogP contribution is -1.95. The molecule has 0 radical (unpaired) electrons. The van der Waals surface area contributed by atoms with Gasteiger partial charge in [0.15, 0.2) is 0 Å². The highest BCUT2D eigenvalue weighted by molar-refractivity contribution is 9.10. The standard InChI is InChI=1S/C12H14Br2/c1-8-2-3-9-4-5-10(13)7-11(9)12(14)6-8/h4-5,7-8,12H,2-3,6H2,1H3. The summed E-state index contributed by atoms with van der Waals surface area (Å²) in [5.74, 6) is 0.825. The van der Waals surface area contributed by atoms with Crippen molar-refractivity contribution < 1.29 is 0 Å². The molecule has 0 fully saturated rings. The number of halogens is 2. The normalized spacial score (nSPS) is 26.8. The predicted molar refractivity (Wildman–Crippen MR) is 67.9 cm³/mol. The van der Waals surface area contributed by atoms with Crippen molar-refractivity contribution in [2.45, 2.75) is 31.0 Å². The van der Waals surface area contributed by atoms with Crippen LogP contribution in [0.3, 0.4) is 0 Å². The minimum atomic E-state index is 0.535. The molecular weight excluding hydrogens is 304 g/mol. The Morgan fingerprint density at radius 1 is 1.36 bits per heavy atom. The lowest BCUT2D eigenvalue weighted by atomic mass is 10.0. The van der Waals surface area contributed by atoms with E-state index in [9.17, 15) is 0 Å². The summed E-state index contributed by atoms with van der Waals surface area (Å²) in [6, 6.07) is 6.66. The van der Waals surface area contributed by atoms with Crippen molar-refractivity contribution in [3.63, 3.8) is 0 Å². The monoisotopic (exact) mass is 316 g/mol. The molecule has 1 aromatic rings. The van der Waals surface area contributed by atoms with Crippen molar-refractivity contribution in [1.29, 1.82) is 0 Å². The molecule has 1 aliphatic rings. The zero-order chi connectivity index (χ0) is 10.1. The van der Waals surface area contributed by atoms with Gasteiger partial charge in [0, 0.05) is 9.30 Å². The Kier molecular flexibility index (Phi) is 3.33. The summed E-state index contributed by atoms with van der Waals surface area (Å²) >= 11 is 7.33. The average Bonchev–Trinajstić information content (AvgIpc) is 2.27. The van der Waals surface area contributed by atoms with Gasteiger partial charge in [-0.2, -0.15) is 0 Å². The number of rotatable bonds is 0. The predicted octanol–water partition coefficient (Wildman–Crippen LogP) is 4.86. The van der Waals surface area contributed by atoms with Gasteiger partial charge in [0.2, 0.25) is 0 Å². The highest BCUT2D eigenvalue weighted by atomic mass is 79.9. The second-order valence-corrected chi connectivity index (χ2v) is 6.21. The molecule has 1 aliphatic carbocycles. The molecule has 0 saturated heterocycles. The number of aryl methyl sites for hydroxylation is 1. The Morgan fingerprint density at radius 2 is 2.14 bits per heavy atom. The smallest absolute Gasteiger partial charge is 0.0401 e. The summed E-state index contributed by atoms with van der Waals surface area (Å²) in [5, 5.41) is 0. The van der Waals surface area contributed by atoms with E-state index in [0.29, 0.717) is 4.83 Å². The highest BCUT2D eigenvalue weighted by Crippen LogP contribution is 2.38. The van der Waals surface area contributed by atoms with Crippen LogP contribution in [0.2, 0.25) is 0 Å². The molecule has 2 heteroatoms. The molecule has 0 amide bonds. The number of benzene rings is 1. The first kappa shape index (κ1) is 10.7. The minimum Gasteiger partial charge on any atom is -0.0839 e. The van der Waals surface area contributed by atoms with Crippen LogP contribution in [-0.2, 0) is 6.42 Å². The van der Waals surface area contributed by atoms with Crippen molar-refractivity contribution in [3.8, 4) is 0 Å². The first-order valence-corrected chi connectivity index (χ1v) is 6.80. The van der Waals surface area contributed by atoms with E-state index < -0.39 is 0 Å². The van der Waals surface area contributed by atoms with Gasteiger partial charge in [-0.1, -0.05) is 44.8 Å². The van der Waals surface area contributed by atoms with Crippen LogP contribution in [0.1, 0.15) is 35.7 Å². The van der Waals surface area contributed by atoms with Crippen LogP contribution in [0.15, 0.2) is 22.7 Å². The van der Waals surface area contributed by atoms with E-state index in [0.717, 1.165) is 5.92 Å². The van der Waals surface area contributed by atoms with Gasteiger partial charge in [-0.05, 0) is 48.4 Å². The van der Waals surface area contributed by atoms with E-state index in [2.05, 4.69) is 57.0 Å². The Hall–Kier alpha value is 0.180. The highest BCUT2D eigenvalue weighted by Gasteiger charge is 2.20. The van der Waals surface area contributed by atoms with Crippen LogP contribution in [-0.4, -0.2) is 0 Å². The second kappa shape index (κ2) is 4.36. The van der Waals surface area contributed by atoms with Gasteiger partial charge in [-0.25, -0.2) is 0 Å². The molecular formula is C12H14Br2. The summed E-state index contributed by atoms with van der Waals surface area (Å²) in [5.41, 5.74) is 2.99. The molecule has 0 bridgehead atoms. The van der Waals surface area contributed by atoms with Gasteiger partial charge in [0.05, 0.1) is 0 Å². The van der Waals surface area contributed by atoms with Crippen molar-refractivity contribution in [1.82, 2.24) is 0 Å². The quantitative estimate of drug-likeness (QED) is 0.473. The van der Waals surface area contributed by atoms with Gasteiger partial charge in [0.25, 0.3) is 0 Å². The maximum atomic E-state index is 3.79. The molecule has 76 valence electrons. The SMILES string of the molecule is CC1CCc2ccc(Br)cc2C(Br)C1. The lowest BCUT2D eigenvalue weighted by Gasteiger charge is -2.12. The molecule has 1 aromatic carbocycles. The van der Waals surface area contributed by atoms with Crippen molar-refractivity contribution in [2.75, 3.05) is 0 Å². The van der Waals surface area contributed by atoms with E-state index in [4.69, 9.17) is 0 Å². The van der Waals surface area contributed by atoms with Crippen LogP contribution < -0.4 is 0 Å². The third-order valence-corrected chi connectivity index (χ3v) is 4.32. The summed E-state index contributed by atoms with van der Waals surface area (Å²) in [4.78, 5) is 0.535. The topological polar surface area (TPSA) is 0 Å². The van der Waals surface area contributed by atoms with E-state index in [1.165, 1.54) is 34.9 Å². The van der Waals surface area contributed by atoms with Crippen LogP contribution in [0.5, 0.6) is 0 Å². The van der Waals surface area contributed by atoms with E-state index in [-0.39, 0.29) is 0 Å². The van der Waals surface area contributed by atoms with Crippen LogP contribution in [0.25, 0.3) is 0 Å². The molecule has 14 heavy (non-hydrogen) atoms. The van der Waals surface area contributed by atoms with Crippen LogP contribution in [0.4, 0.5) is 0 Å². The molecule has 0 spiro atoms. The molecule has 2 rings (SSSR count).